The van der Waals surface area contributed by atoms with Crippen LogP contribution in [0.2, 0.25) is 5.02 Å². The Labute approximate surface area is 127 Å². The maximum atomic E-state index is 6.27. The van der Waals surface area contributed by atoms with Gasteiger partial charge in [0.15, 0.2) is 11.5 Å². The molecule has 1 aliphatic rings. The van der Waals surface area contributed by atoms with Gasteiger partial charge in [0.05, 0.1) is 24.3 Å². The van der Waals surface area contributed by atoms with Crippen LogP contribution in [-0.2, 0) is 6.54 Å². The second-order valence-corrected chi connectivity index (χ2v) is 5.34. The molecule has 7 heteroatoms. The highest BCUT2D eigenvalue weighted by Crippen LogP contribution is 2.38. The van der Waals surface area contributed by atoms with Gasteiger partial charge in [-0.2, -0.15) is 5.10 Å². The monoisotopic (exact) mass is 308 g/mol. The first kappa shape index (κ1) is 14.2. The van der Waals surface area contributed by atoms with Crippen LogP contribution < -0.4 is 14.8 Å². The zero-order chi connectivity index (χ0) is 14.7. The second-order valence-electron chi connectivity index (χ2n) is 4.93. The van der Waals surface area contributed by atoms with Crippen molar-refractivity contribution >= 4 is 11.6 Å². The smallest absolute Gasteiger partial charge is 0.179 e. The molecule has 3 rings (SSSR count). The maximum absolute atomic E-state index is 6.27. The standard InChI is InChI=1S/C14H17ClN4O2/c1-9(14-17-8-18-19-14)16-7-10-5-11(15)13-12(6-10)20-3-2-4-21-13/h5-6,8-9,16H,2-4,7H2,1H3,(H,17,18,19). The van der Waals surface area contributed by atoms with Crippen molar-refractivity contribution in [3.05, 3.63) is 34.9 Å². The predicted molar refractivity (Wildman–Crippen MR) is 78.7 cm³/mol. The van der Waals surface area contributed by atoms with Gasteiger partial charge in [0.25, 0.3) is 0 Å². The lowest BCUT2D eigenvalue weighted by Crippen LogP contribution is -2.19. The quantitative estimate of drug-likeness (QED) is 0.908. The van der Waals surface area contributed by atoms with Crippen LogP contribution in [0.5, 0.6) is 11.5 Å². The van der Waals surface area contributed by atoms with Gasteiger partial charge in [0.1, 0.15) is 12.2 Å². The molecule has 0 radical (unpaired) electrons. The number of benzene rings is 1. The van der Waals surface area contributed by atoms with E-state index in [1.165, 1.54) is 6.33 Å². The van der Waals surface area contributed by atoms with Gasteiger partial charge >= 0.3 is 0 Å². The van der Waals surface area contributed by atoms with Crippen LogP contribution in [0.4, 0.5) is 0 Å². The Bertz CT molecular complexity index is 603. The average Bonchev–Trinajstić information content (AvgIpc) is 2.91. The zero-order valence-corrected chi connectivity index (χ0v) is 12.5. The molecule has 1 aromatic heterocycles. The normalized spacial score (nSPS) is 15.5. The first-order valence-electron chi connectivity index (χ1n) is 6.90. The Hall–Kier alpha value is -1.79. The highest BCUT2D eigenvalue weighted by atomic mass is 35.5. The number of nitrogens with one attached hydrogen (secondary N) is 2. The van der Waals surface area contributed by atoms with Gasteiger partial charge in [-0.3, -0.25) is 5.10 Å². The fourth-order valence-corrected chi connectivity index (χ4v) is 2.47. The number of H-pyrrole nitrogens is 1. The summed E-state index contributed by atoms with van der Waals surface area (Å²) in [7, 11) is 0. The summed E-state index contributed by atoms with van der Waals surface area (Å²) < 4.78 is 11.3. The summed E-state index contributed by atoms with van der Waals surface area (Å²) in [6.07, 6.45) is 2.36. The molecular formula is C14H17ClN4O2. The van der Waals surface area contributed by atoms with E-state index in [0.29, 0.717) is 36.3 Å². The highest BCUT2D eigenvalue weighted by molar-refractivity contribution is 6.32. The molecule has 0 fully saturated rings. The first-order valence-corrected chi connectivity index (χ1v) is 7.28. The van der Waals surface area contributed by atoms with Crippen molar-refractivity contribution in [3.8, 4) is 11.5 Å². The minimum atomic E-state index is 0.0715. The lowest BCUT2D eigenvalue weighted by atomic mass is 10.2. The molecule has 2 aromatic rings. The van der Waals surface area contributed by atoms with E-state index in [9.17, 15) is 0 Å². The Morgan fingerprint density at radius 2 is 2.24 bits per heavy atom. The SMILES string of the molecule is CC(NCc1cc(Cl)c2c(c1)OCCCO2)c1ncn[nH]1. The van der Waals surface area contributed by atoms with E-state index in [1.807, 2.05) is 19.1 Å². The topological polar surface area (TPSA) is 72.1 Å². The van der Waals surface area contributed by atoms with E-state index in [2.05, 4.69) is 20.5 Å². The minimum absolute atomic E-state index is 0.0715. The molecule has 1 unspecified atom stereocenters. The number of hydrogen-bond acceptors (Lipinski definition) is 5. The van der Waals surface area contributed by atoms with Crippen LogP contribution >= 0.6 is 11.6 Å². The van der Waals surface area contributed by atoms with E-state index < -0.39 is 0 Å². The molecule has 0 bridgehead atoms. The molecule has 0 aliphatic carbocycles. The van der Waals surface area contributed by atoms with Gasteiger partial charge in [0.2, 0.25) is 0 Å². The van der Waals surface area contributed by atoms with Gasteiger partial charge in [0, 0.05) is 13.0 Å². The molecule has 1 atom stereocenters. The summed E-state index contributed by atoms with van der Waals surface area (Å²) in [5, 5.41) is 10.6. The van der Waals surface area contributed by atoms with E-state index in [0.717, 1.165) is 17.8 Å². The third-order valence-corrected chi connectivity index (χ3v) is 3.60. The molecule has 1 aliphatic heterocycles. The number of nitrogens with zero attached hydrogens (tertiary/aromatic N) is 2. The number of hydrogen-bond donors (Lipinski definition) is 2. The average molecular weight is 309 g/mol. The van der Waals surface area contributed by atoms with Crippen molar-refractivity contribution in [2.75, 3.05) is 13.2 Å². The lowest BCUT2D eigenvalue weighted by molar-refractivity contribution is 0.297. The second kappa shape index (κ2) is 6.32. The maximum Gasteiger partial charge on any atom is 0.179 e. The van der Waals surface area contributed by atoms with Crippen LogP contribution in [0.3, 0.4) is 0 Å². The van der Waals surface area contributed by atoms with Crippen LogP contribution in [-0.4, -0.2) is 28.4 Å². The highest BCUT2D eigenvalue weighted by Gasteiger charge is 2.16. The van der Waals surface area contributed by atoms with E-state index >= 15 is 0 Å². The van der Waals surface area contributed by atoms with Crippen molar-refractivity contribution in [3.63, 3.8) is 0 Å². The number of rotatable bonds is 4. The number of fused-ring (bicyclic) bond motifs is 1. The third kappa shape index (κ3) is 3.28. The number of halogens is 1. The van der Waals surface area contributed by atoms with Gasteiger partial charge in [-0.25, -0.2) is 4.98 Å². The molecule has 21 heavy (non-hydrogen) atoms. The number of aromatic amines is 1. The molecular weight excluding hydrogens is 292 g/mol. The number of aromatic nitrogens is 3. The van der Waals surface area contributed by atoms with Gasteiger partial charge in [-0.05, 0) is 24.6 Å². The molecule has 6 nitrogen and oxygen atoms in total. The third-order valence-electron chi connectivity index (χ3n) is 3.32. The molecule has 0 spiro atoms. The molecule has 0 saturated heterocycles. The Kier molecular flexibility index (Phi) is 4.26. The van der Waals surface area contributed by atoms with E-state index in [-0.39, 0.29) is 6.04 Å². The Balaban J connectivity index is 1.71. The van der Waals surface area contributed by atoms with Crippen LogP contribution in [0, 0.1) is 0 Å². The summed E-state index contributed by atoms with van der Waals surface area (Å²) in [4.78, 5) is 4.13. The summed E-state index contributed by atoms with van der Waals surface area (Å²) in [5.74, 6) is 2.15. The summed E-state index contributed by atoms with van der Waals surface area (Å²) in [6, 6.07) is 3.93. The summed E-state index contributed by atoms with van der Waals surface area (Å²) in [6.45, 7) is 3.95. The van der Waals surface area contributed by atoms with Crippen LogP contribution in [0.15, 0.2) is 18.5 Å². The zero-order valence-electron chi connectivity index (χ0n) is 11.7. The number of ether oxygens (including phenoxy) is 2. The van der Waals surface area contributed by atoms with Gasteiger partial charge in [-0.15, -0.1) is 0 Å². The van der Waals surface area contributed by atoms with Crippen molar-refractivity contribution < 1.29 is 9.47 Å². The Morgan fingerprint density at radius 1 is 1.38 bits per heavy atom. The molecule has 112 valence electrons. The fraction of sp³-hybridized carbons (Fsp3) is 0.429. The van der Waals surface area contributed by atoms with Gasteiger partial charge < -0.3 is 14.8 Å². The van der Waals surface area contributed by atoms with Crippen LogP contribution in [0.25, 0.3) is 0 Å². The fourth-order valence-electron chi connectivity index (χ4n) is 2.18. The van der Waals surface area contributed by atoms with E-state index in [1.54, 1.807) is 0 Å². The van der Waals surface area contributed by atoms with Crippen LogP contribution in [0.1, 0.15) is 30.8 Å². The summed E-state index contributed by atoms with van der Waals surface area (Å²) in [5.41, 5.74) is 1.04. The molecule has 1 aromatic carbocycles. The Morgan fingerprint density at radius 3 is 3.05 bits per heavy atom. The predicted octanol–water partition coefficient (Wildman–Crippen LogP) is 2.47. The first-order chi connectivity index (χ1) is 10.2. The molecule has 2 N–H and O–H groups in total. The molecule has 2 heterocycles. The van der Waals surface area contributed by atoms with Crippen molar-refractivity contribution in [1.29, 1.82) is 0 Å². The molecule has 0 amide bonds. The van der Waals surface area contributed by atoms with Crippen molar-refractivity contribution in [1.82, 2.24) is 20.5 Å². The minimum Gasteiger partial charge on any atom is -0.489 e. The summed E-state index contributed by atoms with van der Waals surface area (Å²) >= 11 is 6.27. The lowest BCUT2D eigenvalue weighted by Gasteiger charge is -2.14. The largest absolute Gasteiger partial charge is 0.489 e. The van der Waals surface area contributed by atoms with Gasteiger partial charge in [-0.1, -0.05) is 11.6 Å². The van der Waals surface area contributed by atoms with E-state index in [4.69, 9.17) is 21.1 Å². The van der Waals surface area contributed by atoms with Crippen molar-refractivity contribution in [2.24, 2.45) is 0 Å². The van der Waals surface area contributed by atoms with Crippen molar-refractivity contribution in [2.45, 2.75) is 25.9 Å². The molecule has 0 saturated carbocycles.